The number of aliphatic carboxylic acids is 2. The molecule has 0 aliphatic rings. The van der Waals surface area contributed by atoms with Crippen molar-refractivity contribution in [1.29, 1.82) is 0 Å². The molecule has 1 aromatic carbocycles. The van der Waals surface area contributed by atoms with Crippen LogP contribution in [-0.4, -0.2) is 87.0 Å². The van der Waals surface area contributed by atoms with Crippen molar-refractivity contribution in [3.05, 3.63) is 35.9 Å². The normalized spacial score (nSPS) is 15.3. The van der Waals surface area contributed by atoms with Gasteiger partial charge in [0.1, 0.15) is 12.1 Å². The number of amides is 3. The van der Waals surface area contributed by atoms with E-state index in [9.17, 15) is 34.2 Å². The molecule has 0 saturated carbocycles. The van der Waals surface area contributed by atoms with Crippen molar-refractivity contribution < 1.29 is 44.4 Å². The minimum absolute atomic E-state index is 0.117. The van der Waals surface area contributed by atoms with Crippen LogP contribution in [0, 0.1) is 0 Å². The van der Waals surface area contributed by atoms with E-state index >= 15 is 0 Å². The first-order chi connectivity index (χ1) is 15.5. The van der Waals surface area contributed by atoms with Crippen LogP contribution in [-0.2, 0) is 30.4 Å². The third-order valence-corrected chi connectivity index (χ3v) is 4.51. The Bertz CT molecular complexity index is 847. The van der Waals surface area contributed by atoms with E-state index in [2.05, 4.69) is 10.6 Å². The highest BCUT2D eigenvalue weighted by Gasteiger charge is 2.32. The summed E-state index contributed by atoms with van der Waals surface area (Å²) in [7, 11) is 0. The van der Waals surface area contributed by atoms with Crippen LogP contribution in [0.25, 0.3) is 0 Å². The zero-order chi connectivity index (χ0) is 25.1. The molecule has 182 valence electrons. The van der Waals surface area contributed by atoms with Crippen molar-refractivity contribution in [2.24, 2.45) is 5.73 Å². The van der Waals surface area contributed by atoms with Crippen molar-refractivity contribution in [2.45, 2.75) is 50.0 Å². The van der Waals surface area contributed by atoms with E-state index in [4.69, 9.17) is 15.9 Å². The average Bonchev–Trinajstić information content (AvgIpc) is 2.74. The van der Waals surface area contributed by atoms with Gasteiger partial charge < -0.3 is 42.1 Å². The fraction of sp³-hybridized carbons (Fsp3) is 0.450. The number of benzene rings is 1. The zero-order valence-electron chi connectivity index (χ0n) is 17.8. The maximum Gasteiger partial charge on any atom is 0.328 e. The topological polar surface area (TPSA) is 228 Å². The lowest BCUT2D eigenvalue weighted by molar-refractivity contribution is -0.146. The van der Waals surface area contributed by atoms with Crippen LogP contribution >= 0.6 is 0 Å². The highest BCUT2D eigenvalue weighted by atomic mass is 16.4. The summed E-state index contributed by atoms with van der Waals surface area (Å²) in [6.07, 6.45) is -2.21. The molecule has 1 rings (SSSR count). The predicted octanol–water partition coefficient (Wildman–Crippen LogP) is -3.06. The Labute approximate surface area is 189 Å². The van der Waals surface area contributed by atoms with Gasteiger partial charge in [-0.05, 0) is 18.9 Å². The fourth-order valence-corrected chi connectivity index (χ4v) is 2.73. The number of rotatable bonds is 13. The van der Waals surface area contributed by atoms with Gasteiger partial charge in [-0.2, -0.15) is 0 Å². The van der Waals surface area contributed by atoms with E-state index in [0.29, 0.717) is 0 Å². The largest absolute Gasteiger partial charge is 0.481 e. The molecular weight excluding hydrogens is 440 g/mol. The van der Waals surface area contributed by atoms with Gasteiger partial charge in [-0.25, -0.2) is 4.79 Å². The van der Waals surface area contributed by atoms with Crippen molar-refractivity contribution in [3.8, 4) is 0 Å². The van der Waals surface area contributed by atoms with Gasteiger partial charge in [0.05, 0.1) is 25.2 Å². The van der Waals surface area contributed by atoms with Gasteiger partial charge >= 0.3 is 11.9 Å². The van der Waals surface area contributed by atoms with Gasteiger partial charge in [-0.1, -0.05) is 30.3 Å². The van der Waals surface area contributed by atoms with Gasteiger partial charge in [-0.3, -0.25) is 19.2 Å². The number of nitrogens with one attached hydrogen (secondary N) is 3. The second-order valence-corrected chi connectivity index (χ2v) is 7.26. The van der Waals surface area contributed by atoms with Crippen LogP contribution in [0.1, 0.15) is 18.9 Å². The molecule has 0 fully saturated rings. The van der Waals surface area contributed by atoms with Crippen molar-refractivity contribution in [2.75, 3.05) is 6.61 Å². The number of carbonyl (C=O) groups excluding carboxylic acids is 3. The molecule has 0 bridgehead atoms. The maximum atomic E-state index is 12.5. The third-order valence-electron chi connectivity index (χ3n) is 4.51. The molecule has 0 radical (unpaired) electrons. The number of carboxylic acid groups (broad SMARTS) is 2. The molecule has 0 aromatic heterocycles. The number of aliphatic hydroxyl groups is 2. The van der Waals surface area contributed by atoms with Gasteiger partial charge in [0, 0.05) is 0 Å². The first-order valence-electron chi connectivity index (χ1n) is 9.90. The Morgan fingerprint density at radius 1 is 0.909 bits per heavy atom. The SMILES string of the molecule is CC(O)C(NC(=O)C(CO)NC(=O)C(CC(=O)O)NC(=O)C(N)Cc1ccccc1)C(=O)O. The van der Waals surface area contributed by atoms with Gasteiger partial charge in [0.25, 0.3) is 0 Å². The van der Waals surface area contributed by atoms with E-state index in [1.807, 2.05) is 5.32 Å². The summed E-state index contributed by atoms with van der Waals surface area (Å²) >= 11 is 0. The summed E-state index contributed by atoms with van der Waals surface area (Å²) in [4.78, 5) is 59.4. The van der Waals surface area contributed by atoms with E-state index in [1.54, 1.807) is 30.3 Å². The van der Waals surface area contributed by atoms with E-state index in [1.165, 1.54) is 0 Å². The monoisotopic (exact) mass is 468 g/mol. The highest BCUT2D eigenvalue weighted by molar-refractivity contribution is 5.95. The van der Waals surface area contributed by atoms with Crippen LogP contribution in [0.5, 0.6) is 0 Å². The Morgan fingerprint density at radius 2 is 1.45 bits per heavy atom. The Kier molecular flexibility index (Phi) is 10.9. The molecule has 1 aromatic rings. The second kappa shape index (κ2) is 13.1. The molecule has 0 heterocycles. The number of nitrogens with two attached hydrogens (primary N) is 1. The molecule has 5 atom stereocenters. The molecule has 0 saturated heterocycles. The smallest absolute Gasteiger partial charge is 0.328 e. The quantitative estimate of drug-likeness (QED) is 0.146. The van der Waals surface area contributed by atoms with Gasteiger partial charge in [0.2, 0.25) is 17.7 Å². The van der Waals surface area contributed by atoms with Crippen LogP contribution in [0.3, 0.4) is 0 Å². The zero-order valence-corrected chi connectivity index (χ0v) is 17.8. The minimum Gasteiger partial charge on any atom is -0.481 e. The molecule has 9 N–H and O–H groups in total. The lowest BCUT2D eigenvalue weighted by Gasteiger charge is -2.24. The Balaban J connectivity index is 2.85. The molecule has 33 heavy (non-hydrogen) atoms. The van der Waals surface area contributed by atoms with Crippen LogP contribution in [0.15, 0.2) is 30.3 Å². The summed E-state index contributed by atoms with van der Waals surface area (Å²) in [5.74, 6) is -6.05. The Morgan fingerprint density at radius 3 is 1.94 bits per heavy atom. The van der Waals surface area contributed by atoms with Crippen LogP contribution in [0.2, 0.25) is 0 Å². The van der Waals surface area contributed by atoms with E-state index < -0.39 is 73.0 Å². The first-order valence-corrected chi connectivity index (χ1v) is 9.90. The minimum atomic E-state index is -1.71. The van der Waals surface area contributed by atoms with Crippen LogP contribution in [0.4, 0.5) is 0 Å². The standard InChI is InChI=1S/C20H28N4O9/c1-10(26)16(20(32)33)24-19(31)14(9-25)23-18(30)13(8-15(27)28)22-17(29)12(21)7-11-5-3-2-4-6-11/h2-6,10,12-14,16,25-26H,7-9,21H2,1H3,(H,22,29)(H,23,30)(H,24,31)(H,27,28)(H,32,33). The van der Waals surface area contributed by atoms with Crippen molar-refractivity contribution >= 4 is 29.7 Å². The summed E-state index contributed by atoms with van der Waals surface area (Å²) < 4.78 is 0. The summed E-state index contributed by atoms with van der Waals surface area (Å²) in [5.41, 5.74) is 6.58. The number of hydrogen-bond donors (Lipinski definition) is 8. The molecule has 0 aliphatic heterocycles. The molecule has 13 heteroatoms. The van der Waals surface area contributed by atoms with Crippen LogP contribution < -0.4 is 21.7 Å². The summed E-state index contributed by atoms with van der Waals surface area (Å²) in [6, 6.07) is 2.60. The molecular formula is C20H28N4O9. The number of carbonyl (C=O) groups is 5. The number of aliphatic hydroxyl groups excluding tert-OH is 2. The first kappa shape index (κ1) is 27.5. The molecule has 0 spiro atoms. The molecule has 5 unspecified atom stereocenters. The van der Waals surface area contributed by atoms with E-state index in [-0.39, 0.29) is 6.42 Å². The molecule has 13 nitrogen and oxygen atoms in total. The number of carboxylic acids is 2. The van der Waals surface area contributed by atoms with Crippen molar-refractivity contribution in [3.63, 3.8) is 0 Å². The van der Waals surface area contributed by atoms with E-state index in [0.717, 1.165) is 12.5 Å². The van der Waals surface area contributed by atoms with Crippen molar-refractivity contribution in [1.82, 2.24) is 16.0 Å². The average molecular weight is 468 g/mol. The second-order valence-electron chi connectivity index (χ2n) is 7.26. The Hall–Kier alpha value is -3.55. The predicted molar refractivity (Wildman–Crippen MR) is 113 cm³/mol. The summed E-state index contributed by atoms with van der Waals surface area (Å²) in [5, 5.41) is 43.2. The van der Waals surface area contributed by atoms with Gasteiger partial charge in [-0.15, -0.1) is 0 Å². The maximum absolute atomic E-state index is 12.5. The highest BCUT2D eigenvalue weighted by Crippen LogP contribution is 2.03. The lowest BCUT2D eigenvalue weighted by atomic mass is 10.1. The lowest BCUT2D eigenvalue weighted by Crippen LogP contribution is -2.59. The number of hydrogen-bond acceptors (Lipinski definition) is 8. The van der Waals surface area contributed by atoms with Gasteiger partial charge in [0.15, 0.2) is 6.04 Å². The molecule has 3 amide bonds. The third kappa shape index (κ3) is 9.22. The fourth-order valence-electron chi connectivity index (χ4n) is 2.73. The molecule has 0 aliphatic carbocycles. The summed E-state index contributed by atoms with van der Waals surface area (Å²) in [6.45, 7) is 0.147.